The molecule has 6 heteroatoms. The number of hydrogen-bond acceptors (Lipinski definition) is 3. The van der Waals surface area contributed by atoms with Crippen molar-refractivity contribution in [1.82, 2.24) is 4.90 Å². The van der Waals surface area contributed by atoms with Crippen molar-refractivity contribution in [3.05, 3.63) is 29.8 Å². The number of rotatable bonds is 6. The number of aliphatic carboxylic acids is 1. The van der Waals surface area contributed by atoms with Crippen molar-refractivity contribution >= 4 is 23.5 Å². The lowest BCUT2D eigenvalue weighted by molar-refractivity contribution is -0.148. The highest BCUT2D eigenvalue weighted by Gasteiger charge is 2.25. The Morgan fingerprint density at radius 1 is 1.30 bits per heavy atom. The summed E-state index contributed by atoms with van der Waals surface area (Å²) in [6, 6.07) is 6.95. The Hall–Kier alpha value is -2.37. The average Bonchev–Trinajstić information content (AvgIpc) is 2.55. The maximum absolute atomic E-state index is 12.1. The van der Waals surface area contributed by atoms with E-state index >= 15 is 0 Å². The van der Waals surface area contributed by atoms with Gasteiger partial charge in [0.05, 0.1) is 0 Å². The summed E-state index contributed by atoms with van der Waals surface area (Å²) in [6.45, 7) is 1.95. The van der Waals surface area contributed by atoms with Gasteiger partial charge in [0.15, 0.2) is 0 Å². The van der Waals surface area contributed by atoms with Gasteiger partial charge in [0.2, 0.25) is 11.8 Å². The zero-order valence-electron chi connectivity index (χ0n) is 13.5. The normalized spacial score (nSPS) is 15.0. The molecule has 6 nitrogen and oxygen atoms in total. The lowest BCUT2D eigenvalue weighted by Gasteiger charge is -2.29. The number of benzene rings is 1. The molecule has 2 rings (SSSR count). The van der Waals surface area contributed by atoms with Crippen LogP contribution in [0.4, 0.5) is 5.69 Å². The van der Waals surface area contributed by atoms with Gasteiger partial charge in [-0.2, -0.15) is 0 Å². The summed E-state index contributed by atoms with van der Waals surface area (Å²) in [7, 11) is 1.49. The van der Waals surface area contributed by atoms with Crippen LogP contribution in [0.2, 0.25) is 0 Å². The molecule has 2 amide bonds. The zero-order chi connectivity index (χ0) is 17.0. The Balaban J connectivity index is 1.93. The first-order chi connectivity index (χ1) is 10.9. The third-order valence-corrected chi connectivity index (χ3v) is 4.30. The molecule has 1 N–H and O–H groups in total. The third kappa shape index (κ3) is 3.88. The molecule has 0 aliphatic carbocycles. The quantitative estimate of drug-likeness (QED) is 0.865. The summed E-state index contributed by atoms with van der Waals surface area (Å²) in [5, 5.41) is 8.93. The lowest BCUT2D eigenvalue weighted by Crippen LogP contribution is -2.41. The molecule has 1 aromatic rings. The fourth-order valence-electron chi connectivity index (χ4n) is 2.69. The van der Waals surface area contributed by atoms with E-state index in [1.807, 2.05) is 24.3 Å². The molecule has 124 valence electrons. The monoisotopic (exact) mass is 318 g/mol. The van der Waals surface area contributed by atoms with E-state index in [-0.39, 0.29) is 18.2 Å². The fourth-order valence-corrected chi connectivity index (χ4v) is 2.69. The van der Waals surface area contributed by atoms with Crippen LogP contribution < -0.4 is 4.90 Å². The third-order valence-electron chi connectivity index (χ3n) is 4.30. The van der Waals surface area contributed by atoms with Crippen molar-refractivity contribution in [2.75, 3.05) is 18.5 Å². The molecule has 0 saturated carbocycles. The molecular weight excluding hydrogens is 296 g/mol. The van der Waals surface area contributed by atoms with Gasteiger partial charge in [0, 0.05) is 32.1 Å². The van der Waals surface area contributed by atoms with Crippen molar-refractivity contribution in [1.29, 1.82) is 0 Å². The molecule has 0 aromatic heterocycles. The van der Waals surface area contributed by atoms with Gasteiger partial charge in [-0.15, -0.1) is 0 Å². The van der Waals surface area contributed by atoms with E-state index < -0.39 is 12.0 Å². The number of aryl methyl sites for hydroxylation is 1. The molecule has 1 aromatic carbocycles. The second kappa shape index (κ2) is 7.26. The Kier molecular flexibility index (Phi) is 5.36. The second-order valence-electron chi connectivity index (χ2n) is 5.80. The first kappa shape index (κ1) is 17.0. The zero-order valence-corrected chi connectivity index (χ0v) is 13.5. The van der Waals surface area contributed by atoms with Gasteiger partial charge in [-0.25, -0.2) is 4.79 Å². The van der Waals surface area contributed by atoms with Gasteiger partial charge in [-0.05, 0) is 31.4 Å². The van der Waals surface area contributed by atoms with Crippen LogP contribution in [0.15, 0.2) is 24.3 Å². The van der Waals surface area contributed by atoms with Crippen LogP contribution in [0.1, 0.15) is 31.7 Å². The van der Waals surface area contributed by atoms with Crippen molar-refractivity contribution in [2.24, 2.45) is 0 Å². The van der Waals surface area contributed by atoms with E-state index in [4.69, 9.17) is 5.11 Å². The molecule has 0 unspecified atom stereocenters. The van der Waals surface area contributed by atoms with Crippen LogP contribution >= 0.6 is 0 Å². The van der Waals surface area contributed by atoms with Gasteiger partial charge in [-0.1, -0.05) is 18.2 Å². The Morgan fingerprint density at radius 3 is 2.70 bits per heavy atom. The number of amides is 2. The van der Waals surface area contributed by atoms with E-state index in [9.17, 15) is 14.4 Å². The second-order valence-corrected chi connectivity index (χ2v) is 5.80. The summed E-state index contributed by atoms with van der Waals surface area (Å²) >= 11 is 0. The minimum absolute atomic E-state index is 0.0726. The first-order valence-corrected chi connectivity index (χ1v) is 7.78. The highest BCUT2D eigenvalue weighted by Crippen LogP contribution is 2.27. The van der Waals surface area contributed by atoms with E-state index in [1.165, 1.54) is 18.9 Å². The standard InChI is InChI=1S/C17H22N2O4/c1-12(17(22)23)18(2)15(20)8-5-11-19-14-7-4-3-6-13(14)9-10-16(19)21/h3-4,6-7,12H,5,8-11H2,1-2H3,(H,22,23)/t12-/m1/s1. The Morgan fingerprint density at radius 2 is 2.00 bits per heavy atom. The smallest absolute Gasteiger partial charge is 0.326 e. The number of carbonyl (C=O) groups excluding carboxylic acids is 2. The topological polar surface area (TPSA) is 77.9 Å². The Bertz CT molecular complexity index is 614. The van der Waals surface area contributed by atoms with Crippen LogP contribution in [0.3, 0.4) is 0 Å². The summed E-state index contributed by atoms with van der Waals surface area (Å²) in [5.74, 6) is -1.18. The van der Waals surface area contributed by atoms with Gasteiger partial charge in [0.1, 0.15) is 6.04 Å². The molecule has 1 aliphatic rings. The molecule has 0 fully saturated rings. The van der Waals surface area contributed by atoms with Gasteiger partial charge >= 0.3 is 5.97 Å². The fraction of sp³-hybridized carbons (Fsp3) is 0.471. The van der Waals surface area contributed by atoms with Gasteiger partial charge < -0.3 is 14.9 Å². The molecule has 0 spiro atoms. The first-order valence-electron chi connectivity index (χ1n) is 7.78. The van der Waals surface area contributed by atoms with Crippen LogP contribution in [0, 0.1) is 0 Å². The van der Waals surface area contributed by atoms with E-state index in [0.29, 0.717) is 19.4 Å². The van der Waals surface area contributed by atoms with Crippen molar-refractivity contribution in [3.63, 3.8) is 0 Å². The van der Waals surface area contributed by atoms with Crippen LogP contribution in [-0.4, -0.2) is 47.4 Å². The predicted octanol–water partition coefficient (Wildman–Crippen LogP) is 1.68. The maximum atomic E-state index is 12.1. The average molecular weight is 318 g/mol. The Labute approximate surface area is 135 Å². The summed E-state index contributed by atoms with van der Waals surface area (Å²) < 4.78 is 0. The number of anilines is 1. The molecule has 0 bridgehead atoms. The lowest BCUT2D eigenvalue weighted by atomic mass is 10.0. The maximum Gasteiger partial charge on any atom is 0.326 e. The van der Waals surface area contributed by atoms with Crippen molar-refractivity contribution in [2.45, 2.75) is 38.6 Å². The van der Waals surface area contributed by atoms with Gasteiger partial charge in [0.25, 0.3) is 0 Å². The minimum atomic E-state index is -1.03. The summed E-state index contributed by atoms with van der Waals surface area (Å²) in [6.07, 6.45) is 1.97. The summed E-state index contributed by atoms with van der Waals surface area (Å²) in [5.41, 5.74) is 2.07. The van der Waals surface area contributed by atoms with E-state index in [1.54, 1.807) is 4.90 Å². The predicted molar refractivity (Wildman–Crippen MR) is 86.2 cm³/mol. The van der Waals surface area contributed by atoms with E-state index in [2.05, 4.69) is 0 Å². The van der Waals surface area contributed by atoms with Gasteiger partial charge in [-0.3, -0.25) is 9.59 Å². The highest BCUT2D eigenvalue weighted by molar-refractivity contribution is 5.96. The highest BCUT2D eigenvalue weighted by atomic mass is 16.4. The SMILES string of the molecule is C[C@H](C(=O)O)N(C)C(=O)CCCN1C(=O)CCc2ccccc21. The molecule has 23 heavy (non-hydrogen) atoms. The number of carboxylic acid groups (broad SMARTS) is 1. The van der Waals surface area contributed by atoms with Crippen LogP contribution in [0.5, 0.6) is 0 Å². The molecule has 1 heterocycles. The van der Waals surface area contributed by atoms with Crippen molar-refractivity contribution < 1.29 is 19.5 Å². The molecule has 0 radical (unpaired) electrons. The van der Waals surface area contributed by atoms with Crippen LogP contribution in [-0.2, 0) is 20.8 Å². The molecular formula is C17H22N2O4. The molecule has 1 aliphatic heterocycles. The van der Waals surface area contributed by atoms with Crippen LogP contribution in [0.25, 0.3) is 0 Å². The number of carbonyl (C=O) groups is 3. The number of hydrogen-bond donors (Lipinski definition) is 1. The number of carboxylic acids is 1. The minimum Gasteiger partial charge on any atom is -0.480 e. The molecule has 0 saturated heterocycles. The number of fused-ring (bicyclic) bond motifs is 1. The number of para-hydroxylation sites is 1. The summed E-state index contributed by atoms with van der Waals surface area (Å²) in [4.78, 5) is 38.0. The molecule has 1 atom stereocenters. The number of nitrogens with zero attached hydrogens (tertiary/aromatic N) is 2. The van der Waals surface area contributed by atoms with Crippen molar-refractivity contribution in [3.8, 4) is 0 Å². The largest absolute Gasteiger partial charge is 0.480 e. The van der Waals surface area contributed by atoms with E-state index in [0.717, 1.165) is 17.7 Å². The number of likely N-dealkylation sites (N-methyl/N-ethyl adjacent to an activating group) is 1.